The molecule has 3 N–H and O–H groups in total. The summed E-state index contributed by atoms with van der Waals surface area (Å²) in [4.78, 5) is 0. The van der Waals surface area contributed by atoms with Gasteiger partial charge >= 0.3 is 0 Å². The Morgan fingerprint density at radius 3 is 2.62 bits per heavy atom. The van der Waals surface area contributed by atoms with Gasteiger partial charge in [0.05, 0.1) is 11.4 Å². The van der Waals surface area contributed by atoms with Crippen molar-refractivity contribution < 1.29 is 8.42 Å². The van der Waals surface area contributed by atoms with Crippen LogP contribution in [0.2, 0.25) is 0 Å². The standard InChI is InChI=1S/C10H15BrN2O2S/c1-7(2)6-16(14,15)13-10-5-8(12)3-4-9(10)11/h3-5,7,13H,6,12H2,1-2H3. The van der Waals surface area contributed by atoms with Gasteiger partial charge in [0, 0.05) is 10.2 Å². The van der Waals surface area contributed by atoms with Crippen LogP contribution in [-0.2, 0) is 10.0 Å². The predicted molar refractivity (Wildman–Crippen MR) is 70.8 cm³/mol. The van der Waals surface area contributed by atoms with Crippen LogP contribution >= 0.6 is 15.9 Å². The molecule has 0 saturated heterocycles. The summed E-state index contributed by atoms with van der Waals surface area (Å²) in [7, 11) is -3.31. The Labute approximate surface area is 104 Å². The highest BCUT2D eigenvalue weighted by Crippen LogP contribution is 2.25. The van der Waals surface area contributed by atoms with Gasteiger partial charge in [-0.1, -0.05) is 13.8 Å². The molecule has 0 aliphatic rings. The van der Waals surface area contributed by atoms with Gasteiger partial charge in [-0.15, -0.1) is 0 Å². The summed E-state index contributed by atoms with van der Waals surface area (Å²) in [6.07, 6.45) is 0. The molecule has 0 aromatic heterocycles. The van der Waals surface area contributed by atoms with Crippen LogP contribution in [-0.4, -0.2) is 14.2 Å². The van der Waals surface area contributed by atoms with E-state index in [-0.39, 0.29) is 11.7 Å². The van der Waals surface area contributed by atoms with Gasteiger partial charge in [-0.05, 0) is 40.0 Å². The Kier molecular flexibility index (Phi) is 4.21. The van der Waals surface area contributed by atoms with Crippen LogP contribution in [0.25, 0.3) is 0 Å². The number of benzene rings is 1. The minimum atomic E-state index is -3.31. The lowest BCUT2D eigenvalue weighted by molar-refractivity contribution is 0.587. The number of sulfonamides is 1. The van der Waals surface area contributed by atoms with Crippen molar-refractivity contribution in [3.63, 3.8) is 0 Å². The van der Waals surface area contributed by atoms with Crippen molar-refractivity contribution in [1.29, 1.82) is 0 Å². The van der Waals surface area contributed by atoms with Crippen molar-refractivity contribution >= 4 is 37.3 Å². The molecule has 0 aliphatic heterocycles. The summed E-state index contributed by atoms with van der Waals surface area (Å²) < 4.78 is 26.6. The summed E-state index contributed by atoms with van der Waals surface area (Å²) >= 11 is 3.27. The first-order valence-electron chi connectivity index (χ1n) is 4.85. The Balaban J connectivity index is 2.92. The minimum absolute atomic E-state index is 0.0809. The number of halogens is 1. The summed E-state index contributed by atoms with van der Waals surface area (Å²) in [6, 6.07) is 4.99. The molecule has 0 atom stereocenters. The number of nitrogens with one attached hydrogen (secondary N) is 1. The second-order valence-corrected chi connectivity index (χ2v) is 6.64. The number of anilines is 2. The van der Waals surface area contributed by atoms with E-state index in [2.05, 4.69) is 20.7 Å². The van der Waals surface area contributed by atoms with E-state index in [4.69, 9.17) is 5.73 Å². The molecule has 0 bridgehead atoms. The molecule has 6 heteroatoms. The zero-order chi connectivity index (χ0) is 12.3. The zero-order valence-electron chi connectivity index (χ0n) is 9.20. The lowest BCUT2D eigenvalue weighted by Gasteiger charge is -2.11. The summed E-state index contributed by atoms with van der Waals surface area (Å²) in [5.41, 5.74) is 6.58. The minimum Gasteiger partial charge on any atom is -0.399 e. The maximum absolute atomic E-state index is 11.7. The zero-order valence-corrected chi connectivity index (χ0v) is 11.6. The molecule has 4 nitrogen and oxygen atoms in total. The monoisotopic (exact) mass is 306 g/mol. The molecular formula is C10H15BrN2O2S. The van der Waals surface area contributed by atoms with E-state index in [0.29, 0.717) is 15.8 Å². The van der Waals surface area contributed by atoms with Gasteiger partial charge in [0.1, 0.15) is 0 Å². The second-order valence-electron chi connectivity index (χ2n) is 4.02. The van der Waals surface area contributed by atoms with Crippen LogP contribution in [0, 0.1) is 5.92 Å². The fourth-order valence-corrected chi connectivity index (χ4v) is 3.21. The largest absolute Gasteiger partial charge is 0.399 e. The fourth-order valence-electron chi connectivity index (χ4n) is 1.27. The van der Waals surface area contributed by atoms with Crippen LogP contribution in [0.4, 0.5) is 11.4 Å². The van der Waals surface area contributed by atoms with Crippen molar-refractivity contribution in [2.24, 2.45) is 5.92 Å². The third kappa shape index (κ3) is 4.02. The molecule has 90 valence electrons. The Bertz CT molecular complexity index is 472. The molecule has 0 unspecified atom stereocenters. The van der Waals surface area contributed by atoms with E-state index in [9.17, 15) is 8.42 Å². The predicted octanol–water partition coefficient (Wildman–Crippen LogP) is 2.43. The van der Waals surface area contributed by atoms with Crippen LogP contribution < -0.4 is 10.5 Å². The summed E-state index contributed by atoms with van der Waals surface area (Å²) in [5, 5.41) is 0. The molecule has 0 spiro atoms. The Morgan fingerprint density at radius 2 is 2.06 bits per heavy atom. The quantitative estimate of drug-likeness (QED) is 0.839. The molecule has 1 aromatic carbocycles. The normalized spacial score (nSPS) is 11.8. The van der Waals surface area contributed by atoms with E-state index in [0.717, 1.165) is 0 Å². The SMILES string of the molecule is CC(C)CS(=O)(=O)Nc1cc(N)ccc1Br. The van der Waals surface area contributed by atoms with Crippen molar-refractivity contribution in [3.8, 4) is 0 Å². The second kappa shape index (κ2) is 5.05. The first-order valence-corrected chi connectivity index (χ1v) is 7.30. The van der Waals surface area contributed by atoms with Crippen molar-refractivity contribution in [3.05, 3.63) is 22.7 Å². The molecule has 16 heavy (non-hydrogen) atoms. The summed E-state index contributed by atoms with van der Waals surface area (Å²) in [6.45, 7) is 3.71. The third-order valence-electron chi connectivity index (χ3n) is 1.81. The Hall–Kier alpha value is -0.750. The van der Waals surface area contributed by atoms with Gasteiger partial charge < -0.3 is 5.73 Å². The highest BCUT2D eigenvalue weighted by atomic mass is 79.9. The molecular weight excluding hydrogens is 292 g/mol. The van der Waals surface area contributed by atoms with Crippen molar-refractivity contribution in [2.45, 2.75) is 13.8 Å². The first kappa shape index (κ1) is 13.3. The van der Waals surface area contributed by atoms with Crippen LogP contribution in [0.3, 0.4) is 0 Å². The van der Waals surface area contributed by atoms with Gasteiger partial charge in [0.15, 0.2) is 0 Å². The van der Waals surface area contributed by atoms with E-state index in [1.807, 2.05) is 13.8 Å². The molecule has 0 radical (unpaired) electrons. The molecule has 0 heterocycles. The van der Waals surface area contributed by atoms with E-state index < -0.39 is 10.0 Å². The van der Waals surface area contributed by atoms with E-state index in [1.54, 1.807) is 18.2 Å². The Morgan fingerprint density at radius 1 is 1.44 bits per heavy atom. The average Bonchev–Trinajstić information content (AvgIpc) is 2.08. The number of rotatable bonds is 4. The van der Waals surface area contributed by atoms with Gasteiger partial charge in [-0.25, -0.2) is 8.42 Å². The average molecular weight is 307 g/mol. The van der Waals surface area contributed by atoms with E-state index in [1.165, 1.54) is 0 Å². The molecule has 1 rings (SSSR count). The van der Waals surface area contributed by atoms with Gasteiger partial charge in [-0.3, -0.25) is 4.72 Å². The van der Waals surface area contributed by atoms with Crippen molar-refractivity contribution in [2.75, 3.05) is 16.2 Å². The molecule has 0 aliphatic carbocycles. The number of nitrogens with two attached hydrogens (primary N) is 1. The molecule has 0 fully saturated rings. The topological polar surface area (TPSA) is 72.2 Å². The molecule has 0 saturated carbocycles. The van der Waals surface area contributed by atoms with E-state index >= 15 is 0 Å². The lowest BCUT2D eigenvalue weighted by Crippen LogP contribution is -2.20. The number of nitrogen functional groups attached to an aromatic ring is 1. The number of hydrogen-bond acceptors (Lipinski definition) is 3. The van der Waals surface area contributed by atoms with Crippen LogP contribution in [0.5, 0.6) is 0 Å². The number of hydrogen-bond donors (Lipinski definition) is 2. The first-order chi connectivity index (χ1) is 7.30. The maximum Gasteiger partial charge on any atom is 0.233 e. The smallest absolute Gasteiger partial charge is 0.233 e. The van der Waals surface area contributed by atoms with Gasteiger partial charge in [-0.2, -0.15) is 0 Å². The molecule has 0 amide bonds. The lowest BCUT2D eigenvalue weighted by atomic mass is 10.3. The van der Waals surface area contributed by atoms with Crippen LogP contribution in [0.1, 0.15) is 13.8 Å². The van der Waals surface area contributed by atoms with Gasteiger partial charge in [0.2, 0.25) is 10.0 Å². The van der Waals surface area contributed by atoms with Crippen LogP contribution in [0.15, 0.2) is 22.7 Å². The highest BCUT2D eigenvalue weighted by Gasteiger charge is 2.14. The molecule has 1 aromatic rings. The highest BCUT2D eigenvalue weighted by molar-refractivity contribution is 9.10. The van der Waals surface area contributed by atoms with Crippen molar-refractivity contribution in [1.82, 2.24) is 0 Å². The third-order valence-corrected chi connectivity index (χ3v) is 4.14. The fraction of sp³-hybridized carbons (Fsp3) is 0.400. The summed E-state index contributed by atoms with van der Waals surface area (Å²) in [5.74, 6) is 0.172. The maximum atomic E-state index is 11.7. The van der Waals surface area contributed by atoms with Gasteiger partial charge in [0.25, 0.3) is 0 Å².